The smallest absolute Gasteiger partial charge is 0.409 e. The molecule has 0 radical (unpaired) electrons. The first-order valence-corrected chi connectivity index (χ1v) is 10.3. The Morgan fingerprint density at radius 1 is 1.23 bits per heavy atom. The van der Waals surface area contributed by atoms with Gasteiger partial charge in [-0.05, 0) is 50.5 Å². The third-order valence-electron chi connectivity index (χ3n) is 4.59. The summed E-state index contributed by atoms with van der Waals surface area (Å²) in [7, 11) is 1.72. The second-order valence-electron chi connectivity index (χ2n) is 6.76. The van der Waals surface area contributed by atoms with Gasteiger partial charge in [-0.3, -0.25) is 9.79 Å². The first-order valence-electron chi connectivity index (χ1n) is 9.96. The number of rotatable bonds is 7. The summed E-state index contributed by atoms with van der Waals surface area (Å²) < 4.78 is 5.04. The molecule has 0 aromatic heterocycles. The van der Waals surface area contributed by atoms with Crippen LogP contribution in [0, 0.1) is 0 Å². The maximum Gasteiger partial charge on any atom is 0.409 e. The molecule has 1 aromatic rings. The lowest BCUT2D eigenvalue weighted by molar-refractivity contribution is -0.116. The van der Waals surface area contributed by atoms with E-state index in [-0.39, 0.29) is 42.0 Å². The number of piperidine rings is 1. The zero-order valence-electron chi connectivity index (χ0n) is 17.4. The summed E-state index contributed by atoms with van der Waals surface area (Å²) in [6.45, 7) is 4.17. The lowest BCUT2D eigenvalue weighted by Crippen LogP contribution is -2.50. The zero-order valence-corrected chi connectivity index (χ0v) is 20.5. The van der Waals surface area contributed by atoms with Gasteiger partial charge >= 0.3 is 6.09 Å². The topological polar surface area (TPSA) is 95.1 Å². The van der Waals surface area contributed by atoms with Crippen molar-refractivity contribution in [3.8, 4) is 0 Å². The van der Waals surface area contributed by atoms with Gasteiger partial charge in [0.25, 0.3) is 0 Å². The Balaban J connectivity index is 0.00000450. The second kappa shape index (κ2) is 14.3. The van der Waals surface area contributed by atoms with Gasteiger partial charge in [-0.2, -0.15) is 0 Å². The van der Waals surface area contributed by atoms with Crippen molar-refractivity contribution >= 4 is 59.2 Å². The molecule has 0 unspecified atom stereocenters. The summed E-state index contributed by atoms with van der Waals surface area (Å²) in [5.74, 6) is 0.668. The minimum Gasteiger partial charge on any atom is -0.450 e. The molecule has 30 heavy (non-hydrogen) atoms. The van der Waals surface area contributed by atoms with Crippen molar-refractivity contribution < 1.29 is 14.3 Å². The molecule has 10 heteroatoms. The minimum absolute atomic E-state index is 0. The van der Waals surface area contributed by atoms with Crippen LogP contribution in [0.25, 0.3) is 0 Å². The van der Waals surface area contributed by atoms with Crippen molar-refractivity contribution in [2.75, 3.05) is 38.6 Å². The predicted octanol–water partition coefficient (Wildman–Crippen LogP) is 3.46. The molecule has 168 valence electrons. The molecule has 1 aliphatic rings. The molecule has 2 rings (SSSR count). The number of anilines is 1. The Kier molecular flexibility index (Phi) is 12.5. The highest BCUT2D eigenvalue weighted by molar-refractivity contribution is 14.0. The van der Waals surface area contributed by atoms with Gasteiger partial charge < -0.3 is 25.6 Å². The van der Waals surface area contributed by atoms with Crippen molar-refractivity contribution in [1.29, 1.82) is 0 Å². The molecule has 0 spiro atoms. The molecule has 0 atom stereocenters. The van der Waals surface area contributed by atoms with Crippen LogP contribution in [0.3, 0.4) is 0 Å². The largest absolute Gasteiger partial charge is 0.450 e. The summed E-state index contributed by atoms with van der Waals surface area (Å²) >= 11 is 5.84. The monoisotopic (exact) mass is 551 g/mol. The van der Waals surface area contributed by atoms with Crippen molar-refractivity contribution in [2.45, 2.75) is 38.6 Å². The molecule has 0 aliphatic carbocycles. The summed E-state index contributed by atoms with van der Waals surface area (Å²) in [6.07, 6.45) is 2.52. The maximum absolute atomic E-state index is 12.0. The summed E-state index contributed by atoms with van der Waals surface area (Å²) in [5, 5.41) is 10.1. The van der Waals surface area contributed by atoms with Crippen LogP contribution in [0.5, 0.6) is 0 Å². The molecule has 3 N–H and O–H groups in total. The number of carbonyl (C=O) groups is 2. The third-order valence-corrected chi connectivity index (χ3v) is 4.84. The molecule has 1 heterocycles. The molecule has 0 saturated carbocycles. The van der Waals surface area contributed by atoms with E-state index in [0.29, 0.717) is 50.1 Å². The Bertz CT molecular complexity index is 694. The van der Waals surface area contributed by atoms with Crippen LogP contribution in [0.15, 0.2) is 29.3 Å². The van der Waals surface area contributed by atoms with E-state index < -0.39 is 0 Å². The Morgan fingerprint density at radius 3 is 2.50 bits per heavy atom. The van der Waals surface area contributed by atoms with Crippen LogP contribution in [0.4, 0.5) is 10.5 Å². The van der Waals surface area contributed by atoms with Crippen LogP contribution in [0.2, 0.25) is 5.02 Å². The van der Waals surface area contributed by atoms with Crippen LogP contribution >= 0.6 is 35.6 Å². The van der Waals surface area contributed by atoms with E-state index in [1.807, 2.05) is 6.92 Å². The number of likely N-dealkylation sites (tertiary alicyclic amines) is 1. The fourth-order valence-corrected chi connectivity index (χ4v) is 3.15. The molecule has 2 amide bonds. The molecule has 1 fully saturated rings. The van der Waals surface area contributed by atoms with E-state index in [1.165, 1.54) is 0 Å². The van der Waals surface area contributed by atoms with Crippen molar-refractivity contribution in [3.63, 3.8) is 0 Å². The number of aliphatic imine (C=N–C) groups is 1. The lowest BCUT2D eigenvalue weighted by Gasteiger charge is -2.32. The van der Waals surface area contributed by atoms with E-state index in [4.69, 9.17) is 16.3 Å². The van der Waals surface area contributed by atoms with Gasteiger partial charge in [0.15, 0.2) is 5.96 Å². The number of nitrogens with one attached hydrogen (secondary N) is 3. The van der Waals surface area contributed by atoms with E-state index in [2.05, 4.69) is 20.9 Å². The van der Waals surface area contributed by atoms with E-state index in [9.17, 15) is 9.59 Å². The van der Waals surface area contributed by atoms with E-state index in [0.717, 1.165) is 18.5 Å². The Morgan fingerprint density at radius 2 is 1.90 bits per heavy atom. The average Bonchev–Trinajstić information content (AvgIpc) is 2.72. The van der Waals surface area contributed by atoms with Gasteiger partial charge in [0, 0.05) is 49.9 Å². The summed E-state index contributed by atoms with van der Waals surface area (Å²) in [5.41, 5.74) is 0.735. The first-order chi connectivity index (χ1) is 14.0. The first kappa shape index (κ1) is 26.3. The van der Waals surface area contributed by atoms with Gasteiger partial charge in [0.2, 0.25) is 5.91 Å². The lowest BCUT2D eigenvalue weighted by atomic mass is 10.1. The van der Waals surface area contributed by atoms with Crippen molar-refractivity contribution in [3.05, 3.63) is 29.3 Å². The summed E-state index contributed by atoms with van der Waals surface area (Å²) in [4.78, 5) is 29.7. The normalized spacial score (nSPS) is 14.5. The van der Waals surface area contributed by atoms with Crippen LogP contribution in [0.1, 0.15) is 32.6 Å². The fraction of sp³-hybridized carbons (Fsp3) is 0.550. The van der Waals surface area contributed by atoms with Crippen LogP contribution < -0.4 is 16.0 Å². The maximum atomic E-state index is 12.0. The number of hydrogen-bond acceptors (Lipinski definition) is 4. The number of benzene rings is 1. The Labute approximate surface area is 200 Å². The van der Waals surface area contributed by atoms with E-state index in [1.54, 1.807) is 36.2 Å². The third kappa shape index (κ3) is 9.38. The molecule has 0 bridgehead atoms. The highest BCUT2D eigenvalue weighted by Gasteiger charge is 2.23. The van der Waals surface area contributed by atoms with Crippen molar-refractivity contribution in [1.82, 2.24) is 15.5 Å². The number of guanidine groups is 1. The SMILES string of the molecule is CCOC(=O)N1CCC(NC(=NC)NCCCC(=O)Nc2ccc(Cl)cc2)CC1.I. The minimum atomic E-state index is -0.245. The Hall–Kier alpha value is -1.75. The highest BCUT2D eigenvalue weighted by Crippen LogP contribution is 2.14. The van der Waals surface area contributed by atoms with Crippen molar-refractivity contribution in [2.24, 2.45) is 4.99 Å². The number of ether oxygens (including phenoxy) is 1. The van der Waals surface area contributed by atoms with Gasteiger partial charge in [0.1, 0.15) is 0 Å². The number of nitrogens with zero attached hydrogens (tertiary/aromatic N) is 2. The number of carbonyl (C=O) groups excluding carboxylic acids is 2. The molecule has 1 aliphatic heterocycles. The molecule has 8 nitrogen and oxygen atoms in total. The standard InChI is InChI=1S/C20H30ClN5O3.HI/c1-3-29-20(28)26-13-10-17(11-14-26)25-19(22-2)23-12-4-5-18(27)24-16-8-6-15(21)7-9-16;/h6-9,17H,3-5,10-14H2,1-2H3,(H,24,27)(H2,22,23,25);1H. The van der Waals surface area contributed by atoms with Gasteiger partial charge in [0.05, 0.1) is 6.61 Å². The van der Waals surface area contributed by atoms with Gasteiger partial charge in [-0.25, -0.2) is 4.79 Å². The predicted molar refractivity (Wildman–Crippen MR) is 131 cm³/mol. The summed E-state index contributed by atoms with van der Waals surface area (Å²) in [6, 6.07) is 7.28. The van der Waals surface area contributed by atoms with E-state index >= 15 is 0 Å². The molecule has 1 aromatic carbocycles. The fourth-order valence-electron chi connectivity index (χ4n) is 3.02. The molecule has 1 saturated heterocycles. The van der Waals surface area contributed by atoms with Gasteiger partial charge in [-0.1, -0.05) is 11.6 Å². The highest BCUT2D eigenvalue weighted by atomic mass is 127. The van der Waals surface area contributed by atoms with Crippen LogP contribution in [-0.4, -0.2) is 62.2 Å². The zero-order chi connectivity index (χ0) is 21.1. The quantitative estimate of drug-likeness (QED) is 0.209. The number of amides is 2. The van der Waals surface area contributed by atoms with Crippen LogP contribution in [-0.2, 0) is 9.53 Å². The molecular formula is C20H31ClIN5O3. The molecular weight excluding hydrogens is 521 g/mol. The van der Waals surface area contributed by atoms with Gasteiger partial charge in [-0.15, -0.1) is 24.0 Å². The average molecular weight is 552 g/mol. The number of halogens is 2. The number of hydrogen-bond donors (Lipinski definition) is 3. The second-order valence-corrected chi connectivity index (χ2v) is 7.20.